The summed E-state index contributed by atoms with van der Waals surface area (Å²) >= 11 is 0. The van der Waals surface area contributed by atoms with Gasteiger partial charge in [0.2, 0.25) is 0 Å². The van der Waals surface area contributed by atoms with Crippen LogP contribution < -0.4 is 5.32 Å². The molecule has 0 bridgehead atoms. The van der Waals surface area contributed by atoms with Crippen molar-refractivity contribution in [3.63, 3.8) is 0 Å². The number of carbonyl (C=O) groups is 1. The molecule has 0 aliphatic heterocycles. The molecule has 1 aromatic heterocycles. The van der Waals surface area contributed by atoms with E-state index in [9.17, 15) is 4.79 Å². The predicted octanol–water partition coefficient (Wildman–Crippen LogP) is 2.05. The van der Waals surface area contributed by atoms with Crippen LogP contribution in [0.5, 0.6) is 0 Å². The molecule has 0 radical (unpaired) electrons. The van der Waals surface area contributed by atoms with Crippen molar-refractivity contribution in [3.8, 4) is 0 Å². The Kier molecular flexibility index (Phi) is 6.20. The molecule has 1 atom stereocenters. The molecule has 0 aliphatic carbocycles. The quantitative estimate of drug-likeness (QED) is 0.804. The topological polar surface area (TPSA) is 67.2 Å². The van der Waals surface area contributed by atoms with Crippen LogP contribution in [0.3, 0.4) is 0 Å². The summed E-state index contributed by atoms with van der Waals surface area (Å²) in [6, 6.07) is -0.0131. The largest absolute Gasteiger partial charge is 0.396 e. The second-order valence-electron chi connectivity index (χ2n) is 5.61. The van der Waals surface area contributed by atoms with Gasteiger partial charge >= 0.3 is 0 Å². The van der Waals surface area contributed by atoms with E-state index in [1.165, 1.54) is 0 Å². The van der Waals surface area contributed by atoms with Crippen LogP contribution in [0.2, 0.25) is 0 Å². The minimum atomic E-state index is -0.0884. The Bertz CT molecular complexity index is 452. The molecule has 114 valence electrons. The van der Waals surface area contributed by atoms with Gasteiger partial charge in [-0.05, 0) is 32.6 Å². The molecule has 0 saturated carbocycles. The standard InChI is InChI=1S/C15H27N3O2/c1-6-8-18-12(5)14(11(4)17-18)15(20)16-13(7-9-19)10(2)3/h10,13,19H,6-9H2,1-5H3,(H,16,20). The zero-order chi connectivity index (χ0) is 15.3. The third-order valence-electron chi connectivity index (χ3n) is 3.61. The van der Waals surface area contributed by atoms with Gasteiger partial charge in [-0.1, -0.05) is 20.8 Å². The maximum atomic E-state index is 12.4. The van der Waals surface area contributed by atoms with Crippen molar-refractivity contribution in [2.45, 2.75) is 60.0 Å². The third-order valence-corrected chi connectivity index (χ3v) is 3.61. The Morgan fingerprint density at radius 3 is 2.55 bits per heavy atom. The Hall–Kier alpha value is -1.36. The highest BCUT2D eigenvalue weighted by Crippen LogP contribution is 2.15. The lowest BCUT2D eigenvalue weighted by Crippen LogP contribution is -2.39. The number of aliphatic hydroxyl groups excluding tert-OH is 1. The molecule has 0 spiro atoms. The molecule has 0 aliphatic rings. The first-order chi connectivity index (χ1) is 9.42. The summed E-state index contributed by atoms with van der Waals surface area (Å²) in [5.74, 6) is 0.201. The first-order valence-corrected chi connectivity index (χ1v) is 7.38. The SMILES string of the molecule is CCCn1nc(C)c(C(=O)NC(CCO)C(C)C)c1C. The van der Waals surface area contributed by atoms with Gasteiger partial charge in [-0.3, -0.25) is 9.48 Å². The maximum Gasteiger partial charge on any atom is 0.255 e. The van der Waals surface area contributed by atoms with E-state index in [2.05, 4.69) is 17.3 Å². The summed E-state index contributed by atoms with van der Waals surface area (Å²) in [4.78, 5) is 12.4. The molecule has 2 N–H and O–H groups in total. The molecule has 1 rings (SSSR count). The Morgan fingerprint density at radius 1 is 1.40 bits per heavy atom. The van der Waals surface area contributed by atoms with Crippen LogP contribution in [0, 0.1) is 19.8 Å². The van der Waals surface area contributed by atoms with Gasteiger partial charge in [0.15, 0.2) is 0 Å². The van der Waals surface area contributed by atoms with Gasteiger partial charge in [0.25, 0.3) is 5.91 Å². The van der Waals surface area contributed by atoms with E-state index in [1.54, 1.807) is 0 Å². The van der Waals surface area contributed by atoms with Crippen molar-refractivity contribution in [2.24, 2.45) is 5.92 Å². The minimum Gasteiger partial charge on any atom is -0.396 e. The molecule has 1 amide bonds. The van der Waals surface area contributed by atoms with Gasteiger partial charge in [0, 0.05) is 24.9 Å². The first kappa shape index (κ1) is 16.7. The zero-order valence-electron chi connectivity index (χ0n) is 13.2. The average Bonchev–Trinajstić information content (AvgIpc) is 2.64. The predicted molar refractivity (Wildman–Crippen MR) is 79.8 cm³/mol. The Labute approximate surface area is 121 Å². The minimum absolute atomic E-state index is 0.0131. The highest BCUT2D eigenvalue weighted by atomic mass is 16.3. The fourth-order valence-electron chi connectivity index (χ4n) is 2.41. The molecule has 20 heavy (non-hydrogen) atoms. The summed E-state index contributed by atoms with van der Waals surface area (Å²) in [6.45, 7) is 10.9. The molecule has 0 fully saturated rings. The fraction of sp³-hybridized carbons (Fsp3) is 0.733. The molecule has 5 nitrogen and oxygen atoms in total. The average molecular weight is 281 g/mol. The van der Waals surface area contributed by atoms with E-state index in [-0.39, 0.29) is 24.5 Å². The number of carbonyl (C=O) groups excluding carboxylic acids is 1. The molecule has 1 heterocycles. The van der Waals surface area contributed by atoms with Gasteiger partial charge in [-0.15, -0.1) is 0 Å². The van der Waals surface area contributed by atoms with Crippen LogP contribution in [0.25, 0.3) is 0 Å². The third kappa shape index (κ3) is 3.82. The monoisotopic (exact) mass is 281 g/mol. The number of hydrogen-bond donors (Lipinski definition) is 2. The van der Waals surface area contributed by atoms with Crippen LogP contribution in [-0.4, -0.2) is 33.4 Å². The molecule has 1 unspecified atom stereocenters. The summed E-state index contributed by atoms with van der Waals surface area (Å²) in [7, 11) is 0. The van der Waals surface area contributed by atoms with E-state index in [0.717, 1.165) is 24.4 Å². The lowest BCUT2D eigenvalue weighted by Gasteiger charge is -2.21. The second kappa shape index (κ2) is 7.43. The molecule has 5 heteroatoms. The number of rotatable bonds is 7. The summed E-state index contributed by atoms with van der Waals surface area (Å²) < 4.78 is 1.89. The van der Waals surface area contributed by atoms with Crippen molar-refractivity contribution in [3.05, 3.63) is 17.0 Å². The lowest BCUT2D eigenvalue weighted by molar-refractivity contribution is 0.0915. The van der Waals surface area contributed by atoms with Crippen LogP contribution in [0.1, 0.15) is 55.4 Å². The Morgan fingerprint density at radius 2 is 2.05 bits per heavy atom. The van der Waals surface area contributed by atoms with Gasteiger partial charge in [-0.2, -0.15) is 5.10 Å². The maximum absolute atomic E-state index is 12.4. The van der Waals surface area contributed by atoms with E-state index in [1.807, 2.05) is 32.4 Å². The number of aliphatic hydroxyl groups is 1. The number of amides is 1. The van der Waals surface area contributed by atoms with Gasteiger partial charge in [-0.25, -0.2) is 0 Å². The normalized spacial score (nSPS) is 12.8. The molecule has 1 aromatic rings. The van der Waals surface area contributed by atoms with Crippen LogP contribution in [-0.2, 0) is 6.54 Å². The van der Waals surface area contributed by atoms with E-state index < -0.39 is 0 Å². The fourth-order valence-corrected chi connectivity index (χ4v) is 2.41. The second-order valence-corrected chi connectivity index (χ2v) is 5.61. The van der Waals surface area contributed by atoms with Gasteiger partial charge in [0.1, 0.15) is 0 Å². The molecule has 0 aromatic carbocycles. The lowest BCUT2D eigenvalue weighted by atomic mass is 10.0. The highest BCUT2D eigenvalue weighted by molar-refractivity contribution is 5.96. The number of nitrogens with one attached hydrogen (secondary N) is 1. The Balaban J connectivity index is 2.91. The first-order valence-electron chi connectivity index (χ1n) is 7.38. The number of hydrogen-bond acceptors (Lipinski definition) is 3. The smallest absolute Gasteiger partial charge is 0.255 e. The van der Waals surface area contributed by atoms with Gasteiger partial charge < -0.3 is 10.4 Å². The molecular formula is C15H27N3O2. The van der Waals surface area contributed by atoms with Crippen molar-refractivity contribution in [1.29, 1.82) is 0 Å². The van der Waals surface area contributed by atoms with Gasteiger partial charge in [0.05, 0.1) is 11.3 Å². The van der Waals surface area contributed by atoms with E-state index in [0.29, 0.717) is 12.0 Å². The molecular weight excluding hydrogens is 254 g/mol. The number of nitrogens with zero attached hydrogens (tertiary/aromatic N) is 2. The number of aryl methyl sites for hydroxylation is 2. The van der Waals surface area contributed by atoms with Crippen LogP contribution in [0.15, 0.2) is 0 Å². The summed E-state index contributed by atoms with van der Waals surface area (Å²) in [6.07, 6.45) is 1.56. The molecule has 0 saturated heterocycles. The van der Waals surface area contributed by atoms with Crippen molar-refractivity contribution >= 4 is 5.91 Å². The van der Waals surface area contributed by atoms with Crippen molar-refractivity contribution in [1.82, 2.24) is 15.1 Å². The highest BCUT2D eigenvalue weighted by Gasteiger charge is 2.22. The van der Waals surface area contributed by atoms with Crippen molar-refractivity contribution < 1.29 is 9.90 Å². The van der Waals surface area contributed by atoms with E-state index in [4.69, 9.17) is 5.11 Å². The summed E-state index contributed by atoms with van der Waals surface area (Å²) in [5, 5.41) is 16.5. The van der Waals surface area contributed by atoms with Crippen LogP contribution in [0.4, 0.5) is 0 Å². The zero-order valence-corrected chi connectivity index (χ0v) is 13.2. The summed E-state index contributed by atoms with van der Waals surface area (Å²) in [5.41, 5.74) is 2.34. The number of aromatic nitrogens is 2. The van der Waals surface area contributed by atoms with Crippen LogP contribution >= 0.6 is 0 Å². The van der Waals surface area contributed by atoms with Crippen molar-refractivity contribution in [2.75, 3.05) is 6.61 Å². The van der Waals surface area contributed by atoms with E-state index >= 15 is 0 Å².